The Hall–Kier alpha value is -2.89. The van der Waals surface area contributed by atoms with Gasteiger partial charge in [0.05, 0.1) is 24.3 Å². The van der Waals surface area contributed by atoms with Gasteiger partial charge in [0.2, 0.25) is 0 Å². The molecule has 1 aliphatic rings. The molecule has 0 saturated carbocycles. The van der Waals surface area contributed by atoms with Gasteiger partial charge >= 0.3 is 0 Å². The van der Waals surface area contributed by atoms with E-state index >= 15 is 0 Å². The molecule has 0 bridgehead atoms. The van der Waals surface area contributed by atoms with Gasteiger partial charge in [-0.1, -0.05) is 6.07 Å². The molecule has 6 nitrogen and oxygen atoms in total. The fourth-order valence-electron chi connectivity index (χ4n) is 3.06. The third-order valence-electron chi connectivity index (χ3n) is 4.45. The van der Waals surface area contributed by atoms with Gasteiger partial charge in [-0.05, 0) is 24.6 Å². The Bertz CT molecular complexity index is 833. The number of hydrogen-bond acceptors (Lipinski definition) is 4. The number of likely N-dealkylation sites (tertiary alicyclic amines) is 1. The maximum Gasteiger partial charge on any atom is 0.257 e. The van der Waals surface area contributed by atoms with E-state index in [-0.39, 0.29) is 11.8 Å². The van der Waals surface area contributed by atoms with Crippen molar-refractivity contribution < 1.29 is 9.21 Å². The molecule has 0 aliphatic carbocycles. The van der Waals surface area contributed by atoms with Crippen LogP contribution >= 0.6 is 0 Å². The smallest absolute Gasteiger partial charge is 0.257 e. The fraction of sp³-hybridized carbons (Fsp3) is 0.278. The molecule has 1 aliphatic heterocycles. The molecule has 0 atom stereocenters. The predicted molar refractivity (Wildman–Crippen MR) is 87.7 cm³/mol. The van der Waals surface area contributed by atoms with Crippen molar-refractivity contribution in [1.29, 1.82) is 0 Å². The van der Waals surface area contributed by atoms with Crippen molar-refractivity contribution in [2.45, 2.75) is 19.4 Å². The molecule has 122 valence electrons. The summed E-state index contributed by atoms with van der Waals surface area (Å²) in [6, 6.07) is 5.70. The lowest BCUT2D eigenvalue weighted by Gasteiger charge is -2.38. The molecular weight excluding hydrogens is 304 g/mol. The van der Waals surface area contributed by atoms with Crippen LogP contribution in [0.2, 0.25) is 0 Å². The van der Waals surface area contributed by atoms with Crippen molar-refractivity contribution in [1.82, 2.24) is 19.4 Å². The number of nitrogens with zero attached hydrogens (tertiary/aromatic N) is 4. The van der Waals surface area contributed by atoms with E-state index in [4.69, 9.17) is 4.42 Å². The minimum atomic E-state index is 0.0158. The molecule has 3 aromatic heterocycles. The lowest BCUT2D eigenvalue weighted by Crippen LogP contribution is -2.49. The van der Waals surface area contributed by atoms with Gasteiger partial charge in [-0.25, -0.2) is 4.98 Å². The Morgan fingerprint density at radius 2 is 2.21 bits per heavy atom. The third-order valence-corrected chi connectivity index (χ3v) is 4.45. The average molecular weight is 322 g/mol. The highest BCUT2D eigenvalue weighted by molar-refractivity contribution is 5.94. The number of hydrogen-bond donors (Lipinski definition) is 0. The fourth-order valence-corrected chi connectivity index (χ4v) is 3.06. The Kier molecular flexibility index (Phi) is 3.65. The third kappa shape index (κ3) is 2.60. The number of imidazole rings is 1. The monoisotopic (exact) mass is 322 g/mol. The molecule has 0 radical (unpaired) electrons. The lowest BCUT2D eigenvalue weighted by molar-refractivity contribution is 0.0590. The molecule has 4 heterocycles. The van der Waals surface area contributed by atoms with Crippen molar-refractivity contribution in [3.8, 4) is 0 Å². The summed E-state index contributed by atoms with van der Waals surface area (Å²) in [6.07, 6.45) is 8.55. The van der Waals surface area contributed by atoms with Crippen LogP contribution in [-0.2, 0) is 6.54 Å². The van der Waals surface area contributed by atoms with Gasteiger partial charge < -0.3 is 13.9 Å². The summed E-state index contributed by atoms with van der Waals surface area (Å²) in [7, 11) is 0. The number of aromatic nitrogens is 3. The van der Waals surface area contributed by atoms with Crippen LogP contribution in [0.1, 0.15) is 33.4 Å². The molecular formula is C18H18N4O2. The van der Waals surface area contributed by atoms with Crippen molar-refractivity contribution in [3.63, 3.8) is 0 Å². The van der Waals surface area contributed by atoms with Crippen LogP contribution in [-0.4, -0.2) is 38.4 Å². The highest BCUT2D eigenvalue weighted by Gasteiger charge is 2.35. The molecule has 0 unspecified atom stereocenters. The molecule has 4 rings (SSSR count). The van der Waals surface area contributed by atoms with E-state index in [2.05, 4.69) is 27.5 Å². The molecule has 0 spiro atoms. The van der Waals surface area contributed by atoms with E-state index < -0.39 is 0 Å². The van der Waals surface area contributed by atoms with Crippen LogP contribution in [0.15, 0.2) is 53.7 Å². The Morgan fingerprint density at radius 3 is 2.92 bits per heavy atom. The highest BCUT2D eigenvalue weighted by Crippen LogP contribution is 2.28. The van der Waals surface area contributed by atoms with Crippen molar-refractivity contribution >= 4 is 5.91 Å². The second kappa shape index (κ2) is 5.96. The van der Waals surface area contributed by atoms with Crippen molar-refractivity contribution in [2.24, 2.45) is 0 Å². The van der Waals surface area contributed by atoms with Gasteiger partial charge in [-0.3, -0.25) is 9.78 Å². The first-order valence-electron chi connectivity index (χ1n) is 7.95. The minimum Gasteiger partial charge on any atom is -0.472 e. The lowest BCUT2D eigenvalue weighted by atomic mass is 9.98. The first-order valence-corrected chi connectivity index (χ1v) is 7.95. The number of furan rings is 1. The van der Waals surface area contributed by atoms with Gasteiger partial charge in [0, 0.05) is 37.4 Å². The normalized spacial score (nSPS) is 14.6. The summed E-state index contributed by atoms with van der Waals surface area (Å²) in [5.41, 5.74) is 2.86. The number of rotatable bonds is 4. The van der Waals surface area contributed by atoms with E-state index in [0.717, 1.165) is 23.6 Å². The quantitative estimate of drug-likeness (QED) is 0.740. The molecule has 24 heavy (non-hydrogen) atoms. The number of pyridine rings is 1. The summed E-state index contributed by atoms with van der Waals surface area (Å²) in [4.78, 5) is 22.9. The van der Waals surface area contributed by atoms with Crippen LogP contribution in [0.4, 0.5) is 0 Å². The molecule has 3 aromatic rings. The van der Waals surface area contributed by atoms with E-state index in [1.54, 1.807) is 12.3 Å². The SMILES string of the molecule is Cc1cnc(C2CN(C(=O)c3ccoc3)C2)n1Cc1cccnc1. The van der Waals surface area contributed by atoms with E-state index in [9.17, 15) is 4.79 Å². The first-order chi connectivity index (χ1) is 11.7. The summed E-state index contributed by atoms with van der Waals surface area (Å²) >= 11 is 0. The van der Waals surface area contributed by atoms with Gasteiger partial charge in [-0.2, -0.15) is 0 Å². The molecule has 1 fully saturated rings. The summed E-state index contributed by atoms with van der Waals surface area (Å²) in [5, 5.41) is 0. The zero-order valence-electron chi connectivity index (χ0n) is 13.4. The Labute approximate surface area is 139 Å². The number of carbonyl (C=O) groups excluding carboxylic acids is 1. The van der Waals surface area contributed by atoms with Gasteiger partial charge in [0.25, 0.3) is 5.91 Å². The highest BCUT2D eigenvalue weighted by atomic mass is 16.3. The van der Waals surface area contributed by atoms with Crippen molar-refractivity contribution in [2.75, 3.05) is 13.1 Å². The van der Waals surface area contributed by atoms with E-state index in [0.29, 0.717) is 18.7 Å². The van der Waals surface area contributed by atoms with Crippen LogP contribution in [0, 0.1) is 6.92 Å². The Balaban J connectivity index is 1.48. The van der Waals surface area contributed by atoms with E-state index in [1.165, 1.54) is 12.5 Å². The van der Waals surface area contributed by atoms with Crippen LogP contribution in [0.5, 0.6) is 0 Å². The predicted octanol–water partition coefficient (Wildman–Crippen LogP) is 2.47. The Morgan fingerprint density at radius 1 is 1.33 bits per heavy atom. The molecule has 0 aromatic carbocycles. The van der Waals surface area contributed by atoms with Gasteiger partial charge in [0.1, 0.15) is 12.1 Å². The molecule has 1 amide bonds. The zero-order valence-corrected chi connectivity index (χ0v) is 13.4. The number of carbonyl (C=O) groups is 1. The van der Waals surface area contributed by atoms with Crippen LogP contribution < -0.4 is 0 Å². The van der Waals surface area contributed by atoms with Crippen molar-refractivity contribution in [3.05, 3.63) is 72.0 Å². The largest absolute Gasteiger partial charge is 0.472 e. The van der Waals surface area contributed by atoms with Gasteiger partial charge in [-0.15, -0.1) is 0 Å². The van der Waals surface area contributed by atoms with Crippen LogP contribution in [0.25, 0.3) is 0 Å². The second-order valence-electron chi connectivity index (χ2n) is 6.12. The maximum absolute atomic E-state index is 12.3. The topological polar surface area (TPSA) is 64.2 Å². The average Bonchev–Trinajstić information content (AvgIpc) is 3.20. The summed E-state index contributed by atoms with van der Waals surface area (Å²) in [5.74, 6) is 1.32. The first kappa shape index (κ1) is 14.7. The summed E-state index contributed by atoms with van der Waals surface area (Å²) < 4.78 is 7.19. The van der Waals surface area contributed by atoms with Gasteiger partial charge in [0.15, 0.2) is 0 Å². The van der Waals surface area contributed by atoms with E-state index in [1.807, 2.05) is 23.4 Å². The molecule has 1 saturated heterocycles. The number of aryl methyl sites for hydroxylation is 1. The standard InChI is InChI=1S/C18H18N4O2/c1-13-7-20-17(22(13)9-14-3-2-5-19-8-14)16-10-21(11-16)18(23)15-4-6-24-12-15/h2-8,12,16H,9-11H2,1H3. The zero-order chi connectivity index (χ0) is 16.5. The second-order valence-corrected chi connectivity index (χ2v) is 6.12. The minimum absolute atomic E-state index is 0.0158. The molecule has 6 heteroatoms. The molecule has 0 N–H and O–H groups in total. The maximum atomic E-state index is 12.3. The number of amides is 1. The summed E-state index contributed by atoms with van der Waals surface area (Å²) in [6.45, 7) is 4.18. The van der Waals surface area contributed by atoms with Crippen LogP contribution in [0.3, 0.4) is 0 Å².